The van der Waals surface area contributed by atoms with Crippen molar-refractivity contribution in [3.05, 3.63) is 35.9 Å². The SMILES string of the molecule is CN=C(NCC1(N2CCCCC2)CCN(C)CC1)NC1CCCN(Cc2ccccc2)C1. The molecule has 3 saturated heterocycles. The predicted octanol–water partition coefficient (Wildman–Crippen LogP) is 2.77. The lowest BCUT2D eigenvalue weighted by molar-refractivity contribution is 0.0172. The molecule has 0 aromatic heterocycles. The maximum absolute atomic E-state index is 4.61. The Balaban J connectivity index is 1.32. The van der Waals surface area contributed by atoms with Crippen LogP contribution in [0.2, 0.25) is 0 Å². The van der Waals surface area contributed by atoms with E-state index in [2.05, 4.69) is 67.7 Å². The summed E-state index contributed by atoms with van der Waals surface area (Å²) in [6.07, 6.45) is 9.06. The van der Waals surface area contributed by atoms with Crippen LogP contribution in [0.1, 0.15) is 50.5 Å². The summed E-state index contributed by atoms with van der Waals surface area (Å²) in [6.45, 7) is 9.21. The van der Waals surface area contributed by atoms with Crippen LogP contribution in [0.4, 0.5) is 0 Å². The third-order valence-corrected chi connectivity index (χ3v) is 7.85. The summed E-state index contributed by atoms with van der Waals surface area (Å²) in [6, 6.07) is 11.3. The predicted molar refractivity (Wildman–Crippen MR) is 134 cm³/mol. The van der Waals surface area contributed by atoms with Crippen LogP contribution >= 0.6 is 0 Å². The highest BCUT2D eigenvalue weighted by Gasteiger charge is 2.39. The topological polar surface area (TPSA) is 46.1 Å². The summed E-state index contributed by atoms with van der Waals surface area (Å²) in [4.78, 5) is 12.5. The highest BCUT2D eigenvalue weighted by atomic mass is 15.3. The monoisotopic (exact) mass is 440 g/mol. The van der Waals surface area contributed by atoms with Crippen LogP contribution in [-0.4, -0.2) is 92.1 Å². The molecular formula is C26H44N6. The molecule has 178 valence electrons. The van der Waals surface area contributed by atoms with Gasteiger partial charge < -0.3 is 15.5 Å². The standard InChI is InChI=1S/C26H44N6/c1-27-25(29-24-12-9-15-31(21-24)20-23-10-5-3-6-11-23)28-22-26(13-18-30(2)19-14-26)32-16-7-4-8-17-32/h3,5-6,10-11,24H,4,7-9,12-22H2,1-2H3,(H2,27,28,29). The molecule has 1 aromatic rings. The lowest BCUT2D eigenvalue weighted by Crippen LogP contribution is -2.62. The van der Waals surface area contributed by atoms with Gasteiger partial charge in [0.1, 0.15) is 0 Å². The summed E-state index contributed by atoms with van der Waals surface area (Å²) in [5, 5.41) is 7.52. The number of nitrogens with one attached hydrogen (secondary N) is 2. The number of hydrogen-bond donors (Lipinski definition) is 2. The van der Waals surface area contributed by atoms with Gasteiger partial charge in [0.2, 0.25) is 0 Å². The molecule has 2 N–H and O–H groups in total. The second-order valence-corrected chi connectivity index (χ2v) is 10.2. The van der Waals surface area contributed by atoms with Crippen molar-refractivity contribution in [2.24, 2.45) is 4.99 Å². The maximum Gasteiger partial charge on any atom is 0.191 e. The zero-order chi connectivity index (χ0) is 22.2. The molecule has 0 amide bonds. The molecule has 1 aromatic carbocycles. The largest absolute Gasteiger partial charge is 0.355 e. The van der Waals surface area contributed by atoms with Gasteiger partial charge in [-0.15, -0.1) is 0 Å². The summed E-state index contributed by atoms with van der Waals surface area (Å²) in [5.74, 6) is 0.979. The molecule has 1 unspecified atom stereocenters. The quantitative estimate of drug-likeness (QED) is 0.526. The first kappa shape index (κ1) is 23.5. The summed E-state index contributed by atoms with van der Waals surface area (Å²) < 4.78 is 0. The molecule has 6 nitrogen and oxygen atoms in total. The average Bonchev–Trinajstić information content (AvgIpc) is 2.84. The Bertz CT molecular complexity index is 706. The van der Waals surface area contributed by atoms with Gasteiger partial charge in [0, 0.05) is 38.3 Å². The molecule has 0 radical (unpaired) electrons. The van der Waals surface area contributed by atoms with Crippen molar-refractivity contribution in [2.75, 3.05) is 59.9 Å². The second kappa shape index (κ2) is 11.5. The number of nitrogens with zero attached hydrogens (tertiary/aromatic N) is 4. The number of hydrogen-bond acceptors (Lipinski definition) is 4. The third kappa shape index (κ3) is 6.24. The zero-order valence-electron chi connectivity index (χ0n) is 20.4. The second-order valence-electron chi connectivity index (χ2n) is 10.2. The molecule has 3 fully saturated rings. The summed E-state index contributed by atoms with van der Waals surface area (Å²) in [7, 11) is 4.18. The van der Waals surface area contributed by atoms with E-state index in [0.717, 1.165) is 25.6 Å². The van der Waals surface area contributed by atoms with Gasteiger partial charge in [-0.05, 0) is 83.9 Å². The van der Waals surface area contributed by atoms with Crippen molar-refractivity contribution in [2.45, 2.75) is 63.1 Å². The molecule has 0 saturated carbocycles. The van der Waals surface area contributed by atoms with Gasteiger partial charge in [-0.3, -0.25) is 14.8 Å². The van der Waals surface area contributed by atoms with E-state index in [1.807, 2.05) is 7.05 Å². The molecule has 3 aliphatic heterocycles. The van der Waals surface area contributed by atoms with Crippen LogP contribution in [0.15, 0.2) is 35.3 Å². The van der Waals surface area contributed by atoms with Gasteiger partial charge in [-0.2, -0.15) is 0 Å². The van der Waals surface area contributed by atoms with Gasteiger partial charge in [-0.25, -0.2) is 0 Å². The van der Waals surface area contributed by atoms with Crippen molar-refractivity contribution >= 4 is 5.96 Å². The molecule has 0 bridgehead atoms. The van der Waals surface area contributed by atoms with Crippen LogP contribution in [0.3, 0.4) is 0 Å². The Morgan fingerprint density at radius 2 is 1.75 bits per heavy atom. The first-order chi connectivity index (χ1) is 15.7. The van der Waals surface area contributed by atoms with Crippen molar-refractivity contribution in [1.82, 2.24) is 25.3 Å². The zero-order valence-corrected chi connectivity index (χ0v) is 20.4. The lowest BCUT2D eigenvalue weighted by atomic mass is 9.84. The molecule has 32 heavy (non-hydrogen) atoms. The number of rotatable bonds is 6. The van der Waals surface area contributed by atoms with Crippen LogP contribution in [0, 0.1) is 0 Å². The first-order valence-electron chi connectivity index (χ1n) is 12.8. The smallest absolute Gasteiger partial charge is 0.191 e. The fourth-order valence-electron chi connectivity index (χ4n) is 5.80. The maximum atomic E-state index is 4.61. The van der Waals surface area contributed by atoms with Gasteiger partial charge >= 0.3 is 0 Å². The number of benzene rings is 1. The number of aliphatic imine (C=N–C) groups is 1. The molecule has 1 atom stereocenters. The van der Waals surface area contributed by atoms with E-state index in [-0.39, 0.29) is 5.54 Å². The minimum Gasteiger partial charge on any atom is -0.355 e. The molecule has 3 heterocycles. The van der Waals surface area contributed by atoms with Gasteiger partial charge in [0.25, 0.3) is 0 Å². The Morgan fingerprint density at radius 1 is 1.00 bits per heavy atom. The van der Waals surface area contributed by atoms with Crippen LogP contribution in [0.25, 0.3) is 0 Å². The highest BCUT2D eigenvalue weighted by molar-refractivity contribution is 5.80. The van der Waals surface area contributed by atoms with Crippen LogP contribution < -0.4 is 10.6 Å². The molecule has 3 aliphatic rings. The van der Waals surface area contributed by atoms with E-state index in [1.54, 1.807) is 0 Å². The number of likely N-dealkylation sites (tertiary alicyclic amines) is 3. The molecule has 6 heteroatoms. The van der Waals surface area contributed by atoms with Crippen LogP contribution in [-0.2, 0) is 6.54 Å². The van der Waals surface area contributed by atoms with E-state index in [4.69, 9.17) is 0 Å². The molecular weight excluding hydrogens is 396 g/mol. The highest BCUT2D eigenvalue weighted by Crippen LogP contribution is 2.30. The summed E-state index contributed by atoms with van der Waals surface area (Å²) >= 11 is 0. The number of guanidine groups is 1. The third-order valence-electron chi connectivity index (χ3n) is 7.85. The first-order valence-corrected chi connectivity index (χ1v) is 12.8. The fraction of sp³-hybridized carbons (Fsp3) is 0.731. The van der Waals surface area contributed by atoms with Crippen molar-refractivity contribution in [3.8, 4) is 0 Å². The fourth-order valence-corrected chi connectivity index (χ4v) is 5.80. The van der Waals surface area contributed by atoms with Gasteiger partial charge in [0.15, 0.2) is 5.96 Å². The Morgan fingerprint density at radius 3 is 2.47 bits per heavy atom. The Hall–Kier alpha value is -1.63. The van der Waals surface area contributed by atoms with E-state index in [1.165, 1.54) is 83.2 Å². The van der Waals surface area contributed by atoms with E-state index in [0.29, 0.717) is 6.04 Å². The van der Waals surface area contributed by atoms with E-state index in [9.17, 15) is 0 Å². The normalized spacial score (nSPS) is 26.1. The molecule has 4 rings (SSSR count). The van der Waals surface area contributed by atoms with E-state index < -0.39 is 0 Å². The van der Waals surface area contributed by atoms with Crippen LogP contribution in [0.5, 0.6) is 0 Å². The molecule has 0 aliphatic carbocycles. The van der Waals surface area contributed by atoms with E-state index >= 15 is 0 Å². The minimum atomic E-state index is 0.274. The van der Waals surface area contributed by atoms with Gasteiger partial charge in [0.05, 0.1) is 0 Å². The summed E-state index contributed by atoms with van der Waals surface area (Å²) in [5.41, 5.74) is 1.68. The van der Waals surface area contributed by atoms with Crippen molar-refractivity contribution in [3.63, 3.8) is 0 Å². The average molecular weight is 441 g/mol. The Labute approximate surface area is 195 Å². The van der Waals surface area contributed by atoms with Gasteiger partial charge in [-0.1, -0.05) is 36.8 Å². The lowest BCUT2D eigenvalue weighted by Gasteiger charge is -2.50. The Kier molecular flexibility index (Phi) is 8.44. The van der Waals surface area contributed by atoms with Crippen molar-refractivity contribution < 1.29 is 0 Å². The van der Waals surface area contributed by atoms with Crippen molar-refractivity contribution in [1.29, 1.82) is 0 Å². The molecule has 0 spiro atoms. The number of piperidine rings is 3. The minimum absolute atomic E-state index is 0.274.